The third-order valence-electron chi connectivity index (χ3n) is 1.78. The Kier molecular flexibility index (Phi) is 2.65. The fourth-order valence-corrected chi connectivity index (χ4v) is 1.05. The zero-order chi connectivity index (χ0) is 8.27. The Morgan fingerprint density at radius 2 is 2.45 bits per heavy atom. The summed E-state index contributed by atoms with van der Waals surface area (Å²) < 4.78 is 1.96. The van der Waals surface area contributed by atoms with Crippen LogP contribution in [0.2, 0.25) is 0 Å². The van der Waals surface area contributed by atoms with Crippen LogP contribution in [-0.4, -0.2) is 16.3 Å². The topological polar surface area (TPSA) is 43.8 Å². The zero-order valence-electron chi connectivity index (χ0n) is 7.12. The quantitative estimate of drug-likeness (QED) is 0.706. The summed E-state index contributed by atoms with van der Waals surface area (Å²) in [6, 6.07) is 2.43. The Bertz CT molecular complexity index is 217. The number of rotatable bonds is 3. The second kappa shape index (κ2) is 3.53. The molecule has 0 saturated heterocycles. The van der Waals surface area contributed by atoms with Gasteiger partial charge in [-0.25, -0.2) is 0 Å². The van der Waals surface area contributed by atoms with Crippen LogP contribution in [-0.2, 0) is 0 Å². The van der Waals surface area contributed by atoms with E-state index in [0.717, 1.165) is 18.7 Å². The number of hydrogen-bond acceptors (Lipinski definition) is 2. The van der Waals surface area contributed by atoms with Gasteiger partial charge in [-0.3, -0.25) is 4.68 Å². The van der Waals surface area contributed by atoms with Gasteiger partial charge in [-0.1, -0.05) is 0 Å². The van der Waals surface area contributed by atoms with Gasteiger partial charge < -0.3 is 5.73 Å². The fourth-order valence-electron chi connectivity index (χ4n) is 1.05. The molecular formula is C8H15N3. The summed E-state index contributed by atoms with van der Waals surface area (Å²) in [7, 11) is 0. The Hall–Kier alpha value is -0.830. The lowest BCUT2D eigenvalue weighted by Crippen LogP contribution is -2.11. The number of nitrogens with zero attached hydrogens (tertiary/aromatic N) is 2. The van der Waals surface area contributed by atoms with Gasteiger partial charge in [0.05, 0.1) is 11.7 Å². The van der Waals surface area contributed by atoms with E-state index in [2.05, 4.69) is 12.0 Å². The lowest BCUT2D eigenvalue weighted by Gasteiger charge is -2.09. The van der Waals surface area contributed by atoms with E-state index >= 15 is 0 Å². The lowest BCUT2D eigenvalue weighted by atomic mass is 10.2. The molecule has 0 radical (unpaired) electrons. The third kappa shape index (κ3) is 2.05. The molecule has 0 fully saturated rings. The summed E-state index contributed by atoms with van der Waals surface area (Å²) >= 11 is 0. The highest BCUT2D eigenvalue weighted by atomic mass is 15.3. The summed E-state index contributed by atoms with van der Waals surface area (Å²) in [6.45, 7) is 4.84. The highest BCUT2D eigenvalue weighted by Crippen LogP contribution is 2.07. The van der Waals surface area contributed by atoms with Gasteiger partial charge in [0.1, 0.15) is 0 Å². The Morgan fingerprint density at radius 3 is 2.91 bits per heavy atom. The van der Waals surface area contributed by atoms with Crippen molar-refractivity contribution in [3.63, 3.8) is 0 Å². The zero-order valence-corrected chi connectivity index (χ0v) is 7.12. The van der Waals surface area contributed by atoms with Crippen LogP contribution < -0.4 is 5.73 Å². The largest absolute Gasteiger partial charge is 0.330 e. The summed E-state index contributed by atoms with van der Waals surface area (Å²) in [4.78, 5) is 0. The third-order valence-corrected chi connectivity index (χ3v) is 1.78. The maximum atomic E-state index is 5.43. The maximum absolute atomic E-state index is 5.43. The van der Waals surface area contributed by atoms with Crippen LogP contribution in [0.25, 0.3) is 0 Å². The molecule has 3 heteroatoms. The maximum Gasteiger partial charge on any atom is 0.0593 e. The number of hydrogen-bond donors (Lipinski definition) is 1. The van der Waals surface area contributed by atoms with E-state index in [9.17, 15) is 0 Å². The molecule has 1 atom stereocenters. The van der Waals surface area contributed by atoms with Gasteiger partial charge in [0, 0.05) is 6.20 Å². The van der Waals surface area contributed by atoms with E-state index in [1.165, 1.54) is 0 Å². The van der Waals surface area contributed by atoms with Crippen molar-refractivity contribution in [1.29, 1.82) is 0 Å². The predicted molar refractivity (Wildman–Crippen MR) is 45.3 cm³/mol. The minimum absolute atomic E-state index is 0.425. The molecule has 2 N–H and O–H groups in total. The summed E-state index contributed by atoms with van der Waals surface area (Å²) in [5.74, 6) is 0. The molecule has 0 aliphatic carbocycles. The van der Waals surface area contributed by atoms with E-state index in [4.69, 9.17) is 5.73 Å². The van der Waals surface area contributed by atoms with E-state index in [1.807, 2.05) is 23.9 Å². The van der Waals surface area contributed by atoms with Crippen molar-refractivity contribution in [2.45, 2.75) is 26.3 Å². The van der Waals surface area contributed by atoms with Gasteiger partial charge >= 0.3 is 0 Å². The highest BCUT2D eigenvalue weighted by Gasteiger charge is 2.02. The van der Waals surface area contributed by atoms with Crippen molar-refractivity contribution in [2.24, 2.45) is 5.73 Å². The molecule has 0 bridgehead atoms. The van der Waals surface area contributed by atoms with Gasteiger partial charge in [0.25, 0.3) is 0 Å². The minimum Gasteiger partial charge on any atom is -0.330 e. The molecule has 1 rings (SSSR count). The molecule has 3 nitrogen and oxygen atoms in total. The molecular weight excluding hydrogens is 138 g/mol. The molecule has 11 heavy (non-hydrogen) atoms. The summed E-state index contributed by atoms with van der Waals surface area (Å²) in [5.41, 5.74) is 6.50. The molecule has 0 saturated carbocycles. The molecule has 0 spiro atoms. The van der Waals surface area contributed by atoms with E-state index in [0.29, 0.717) is 6.04 Å². The standard InChI is InChI=1S/C8H15N3/c1-7-4-6-11(10-7)8(2)3-5-9/h4,6,8H,3,5,9H2,1-2H3. The first-order valence-electron chi connectivity index (χ1n) is 3.96. The van der Waals surface area contributed by atoms with Crippen LogP contribution in [0.5, 0.6) is 0 Å². The molecule has 0 aliphatic rings. The lowest BCUT2D eigenvalue weighted by molar-refractivity contribution is 0.463. The van der Waals surface area contributed by atoms with Crippen LogP contribution in [0.4, 0.5) is 0 Å². The van der Waals surface area contributed by atoms with Crippen LogP contribution in [0.3, 0.4) is 0 Å². The van der Waals surface area contributed by atoms with Crippen molar-refractivity contribution < 1.29 is 0 Å². The van der Waals surface area contributed by atoms with Crippen LogP contribution >= 0.6 is 0 Å². The Morgan fingerprint density at radius 1 is 1.73 bits per heavy atom. The first-order chi connectivity index (χ1) is 5.24. The van der Waals surface area contributed by atoms with Gasteiger partial charge in [0.2, 0.25) is 0 Å². The number of nitrogens with two attached hydrogens (primary N) is 1. The molecule has 1 heterocycles. The van der Waals surface area contributed by atoms with Gasteiger partial charge in [-0.2, -0.15) is 5.10 Å². The number of aryl methyl sites for hydroxylation is 1. The first-order valence-corrected chi connectivity index (χ1v) is 3.96. The van der Waals surface area contributed by atoms with E-state index in [-0.39, 0.29) is 0 Å². The molecule has 0 aliphatic heterocycles. The second-order valence-electron chi connectivity index (χ2n) is 2.86. The average molecular weight is 153 g/mol. The second-order valence-corrected chi connectivity index (χ2v) is 2.86. The van der Waals surface area contributed by atoms with Gasteiger partial charge in [-0.05, 0) is 32.9 Å². The monoisotopic (exact) mass is 153 g/mol. The van der Waals surface area contributed by atoms with E-state index < -0.39 is 0 Å². The van der Waals surface area contributed by atoms with Crippen molar-refractivity contribution >= 4 is 0 Å². The van der Waals surface area contributed by atoms with Crippen molar-refractivity contribution in [3.05, 3.63) is 18.0 Å². The average Bonchev–Trinajstić information content (AvgIpc) is 2.36. The SMILES string of the molecule is Cc1ccn(C(C)CCN)n1. The molecule has 0 amide bonds. The van der Waals surface area contributed by atoms with Crippen LogP contribution in [0.15, 0.2) is 12.3 Å². The molecule has 1 aromatic rings. The fraction of sp³-hybridized carbons (Fsp3) is 0.625. The van der Waals surface area contributed by atoms with Crippen LogP contribution in [0.1, 0.15) is 25.1 Å². The first kappa shape index (κ1) is 8.27. The smallest absolute Gasteiger partial charge is 0.0593 e. The van der Waals surface area contributed by atoms with Crippen molar-refractivity contribution in [2.75, 3.05) is 6.54 Å². The summed E-state index contributed by atoms with van der Waals surface area (Å²) in [5, 5.41) is 4.29. The van der Waals surface area contributed by atoms with E-state index in [1.54, 1.807) is 0 Å². The molecule has 0 aromatic carbocycles. The highest BCUT2D eigenvalue weighted by molar-refractivity contribution is 4.95. The van der Waals surface area contributed by atoms with Crippen molar-refractivity contribution in [3.8, 4) is 0 Å². The predicted octanol–water partition coefficient (Wildman–Crippen LogP) is 1.10. The molecule has 1 unspecified atom stereocenters. The van der Waals surface area contributed by atoms with Gasteiger partial charge in [-0.15, -0.1) is 0 Å². The number of aromatic nitrogens is 2. The molecule has 62 valence electrons. The Labute approximate surface area is 67.2 Å². The van der Waals surface area contributed by atoms with Crippen LogP contribution in [0, 0.1) is 6.92 Å². The Balaban J connectivity index is 2.60. The normalized spacial score (nSPS) is 13.4. The minimum atomic E-state index is 0.425. The molecule has 1 aromatic heterocycles. The van der Waals surface area contributed by atoms with Gasteiger partial charge in [0.15, 0.2) is 0 Å². The van der Waals surface area contributed by atoms with Crippen molar-refractivity contribution in [1.82, 2.24) is 9.78 Å². The summed E-state index contributed by atoms with van der Waals surface area (Å²) in [6.07, 6.45) is 2.98.